The van der Waals surface area contributed by atoms with Gasteiger partial charge in [-0.2, -0.15) is 0 Å². The average molecular weight is 306 g/mol. The zero-order chi connectivity index (χ0) is 15.9. The van der Waals surface area contributed by atoms with E-state index in [0.717, 1.165) is 43.9 Å². The standard InChI is InChI=1S/C17H26N2O3/c1-3-15(13-20)18-8-10-19(11-9-18)17(21)12-14-6-4-5-7-16(14)22-2/h4-7,15,20H,3,8-13H2,1-2H3. The Bertz CT molecular complexity index is 481. The van der Waals surface area contributed by atoms with Crippen LogP contribution in [0.5, 0.6) is 5.75 Å². The number of hydrogen-bond donors (Lipinski definition) is 1. The van der Waals surface area contributed by atoms with E-state index in [1.165, 1.54) is 0 Å². The molecule has 1 unspecified atom stereocenters. The second-order valence-corrected chi connectivity index (χ2v) is 5.65. The number of nitrogens with zero attached hydrogens (tertiary/aromatic N) is 2. The summed E-state index contributed by atoms with van der Waals surface area (Å²) in [5, 5.41) is 9.37. The van der Waals surface area contributed by atoms with Crippen LogP contribution in [0, 0.1) is 0 Å². The number of amides is 1. The minimum Gasteiger partial charge on any atom is -0.496 e. The number of piperazine rings is 1. The van der Waals surface area contributed by atoms with E-state index in [-0.39, 0.29) is 18.6 Å². The minimum atomic E-state index is 0.140. The van der Waals surface area contributed by atoms with Crippen molar-refractivity contribution in [2.45, 2.75) is 25.8 Å². The Balaban J connectivity index is 1.90. The number of carbonyl (C=O) groups is 1. The fourth-order valence-electron chi connectivity index (χ4n) is 2.96. The van der Waals surface area contributed by atoms with Crippen molar-refractivity contribution in [2.24, 2.45) is 0 Å². The van der Waals surface area contributed by atoms with Gasteiger partial charge in [0, 0.05) is 37.8 Å². The van der Waals surface area contributed by atoms with E-state index in [4.69, 9.17) is 4.74 Å². The second kappa shape index (κ2) is 8.15. The van der Waals surface area contributed by atoms with Crippen molar-refractivity contribution in [3.8, 4) is 5.75 Å². The summed E-state index contributed by atoms with van der Waals surface area (Å²) in [6, 6.07) is 7.87. The topological polar surface area (TPSA) is 53.0 Å². The predicted molar refractivity (Wildman–Crippen MR) is 86.0 cm³/mol. The van der Waals surface area contributed by atoms with E-state index >= 15 is 0 Å². The SMILES string of the molecule is CCC(CO)N1CCN(C(=O)Cc2ccccc2OC)CC1. The first-order chi connectivity index (χ1) is 10.7. The van der Waals surface area contributed by atoms with E-state index in [1.54, 1.807) is 7.11 Å². The lowest BCUT2D eigenvalue weighted by atomic mass is 10.1. The normalized spacial score (nSPS) is 17.3. The molecule has 0 radical (unpaired) electrons. The van der Waals surface area contributed by atoms with Crippen LogP contribution in [-0.4, -0.2) is 66.8 Å². The maximum Gasteiger partial charge on any atom is 0.227 e. The first-order valence-electron chi connectivity index (χ1n) is 7.94. The minimum absolute atomic E-state index is 0.140. The quantitative estimate of drug-likeness (QED) is 0.857. The highest BCUT2D eigenvalue weighted by Crippen LogP contribution is 2.19. The third-order valence-electron chi connectivity index (χ3n) is 4.40. The Morgan fingerprint density at radius 3 is 2.55 bits per heavy atom. The summed E-state index contributed by atoms with van der Waals surface area (Å²) in [5.74, 6) is 0.905. The molecule has 5 heteroatoms. The number of hydrogen-bond acceptors (Lipinski definition) is 4. The van der Waals surface area contributed by atoms with Crippen LogP contribution < -0.4 is 4.74 Å². The van der Waals surface area contributed by atoms with Crippen molar-refractivity contribution in [1.82, 2.24) is 9.80 Å². The number of aliphatic hydroxyl groups excluding tert-OH is 1. The first kappa shape index (κ1) is 16.8. The van der Waals surface area contributed by atoms with Gasteiger partial charge in [0.1, 0.15) is 5.75 Å². The molecule has 1 aliphatic rings. The number of ether oxygens (including phenoxy) is 1. The zero-order valence-electron chi connectivity index (χ0n) is 13.5. The molecule has 1 atom stereocenters. The molecule has 1 aromatic rings. The maximum absolute atomic E-state index is 12.5. The number of carbonyl (C=O) groups excluding carboxylic acids is 1. The van der Waals surface area contributed by atoms with E-state index in [2.05, 4.69) is 11.8 Å². The lowest BCUT2D eigenvalue weighted by Gasteiger charge is -2.38. The van der Waals surface area contributed by atoms with Crippen LogP contribution in [0.2, 0.25) is 0 Å². The summed E-state index contributed by atoms with van der Waals surface area (Å²) >= 11 is 0. The van der Waals surface area contributed by atoms with Gasteiger partial charge < -0.3 is 14.7 Å². The molecule has 2 rings (SSSR count). The summed E-state index contributed by atoms with van der Waals surface area (Å²) in [4.78, 5) is 16.6. The molecule has 0 saturated carbocycles. The molecule has 1 heterocycles. The molecule has 5 nitrogen and oxygen atoms in total. The number of rotatable bonds is 6. The van der Waals surface area contributed by atoms with Crippen molar-refractivity contribution >= 4 is 5.91 Å². The van der Waals surface area contributed by atoms with Gasteiger partial charge in [0.25, 0.3) is 0 Å². The number of aliphatic hydroxyl groups is 1. The fraction of sp³-hybridized carbons (Fsp3) is 0.588. The van der Waals surface area contributed by atoms with Gasteiger partial charge in [-0.15, -0.1) is 0 Å². The van der Waals surface area contributed by atoms with Gasteiger partial charge in [-0.3, -0.25) is 9.69 Å². The molecule has 0 bridgehead atoms. The summed E-state index contributed by atoms with van der Waals surface area (Å²) in [6.07, 6.45) is 1.31. The van der Waals surface area contributed by atoms with Gasteiger partial charge in [-0.25, -0.2) is 0 Å². The second-order valence-electron chi connectivity index (χ2n) is 5.65. The smallest absolute Gasteiger partial charge is 0.227 e. The maximum atomic E-state index is 12.5. The molecular formula is C17H26N2O3. The molecule has 0 aromatic heterocycles. The first-order valence-corrected chi connectivity index (χ1v) is 7.94. The van der Waals surface area contributed by atoms with Gasteiger partial charge in [0.15, 0.2) is 0 Å². The van der Waals surface area contributed by atoms with Gasteiger partial charge in [-0.05, 0) is 12.5 Å². The molecule has 1 N–H and O–H groups in total. The third-order valence-corrected chi connectivity index (χ3v) is 4.40. The average Bonchev–Trinajstić information content (AvgIpc) is 2.57. The Morgan fingerprint density at radius 1 is 1.27 bits per heavy atom. The Kier molecular flexibility index (Phi) is 6.21. The Labute approximate surface area is 132 Å². The highest BCUT2D eigenvalue weighted by molar-refractivity contribution is 5.79. The van der Waals surface area contributed by atoms with Crippen LogP contribution in [0.25, 0.3) is 0 Å². The molecule has 1 aliphatic heterocycles. The molecule has 122 valence electrons. The number of para-hydroxylation sites is 1. The molecule has 1 fully saturated rings. The zero-order valence-corrected chi connectivity index (χ0v) is 13.5. The van der Waals surface area contributed by atoms with Crippen molar-refractivity contribution in [3.05, 3.63) is 29.8 Å². The summed E-state index contributed by atoms with van der Waals surface area (Å²) in [7, 11) is 1.63. The van der Waals surface area contributed by atoms with Crippen molar-refractivity contribution < 1.29 is 14.6 Å². The summed E-state index contributed by atoms with van der Waals surface area (Å²) in [5.41, 5.74) is 0.930. The monoisotopic (exact) mass is 306 g/mol. The molecule has 1 saturated heterocycles. The van der Waals surface area contributed by atoms with Crippen LogP contribution >= 0.6 is 0 Å². The molecule has 0 spiro atoms. The largest absolute Gasteiger partial charge is 0.496 e. The highest BCUT2D eigenvalue weighted by Gasteiger charge is 2.25. The van der Waals surface area contributed by atoms with E-state index in [0.29, 0.717) is 6.42 Å². The van der Waals surface area contributed by atoms with Crippen LogP contribution in [0.1, 0.15) is 18.9 Å². The van der Waals surface area contributed by atoms with E-state index in [1.807, 2.05) is 29.2 Å². The summed E-state index contributed by atoms with van der Waals surface area (Å²) < 4.78 is 5.30. The van der Waals surface area contributed by atoms with Crippen LogP contribution in [0.4, 0.5) is 0 Å². The van der Waals surface area contributed by atoms with Gasteiger partial charge in [-0.1, -0.05) is 25.1 Å². The van der Waals surface area contributed by atoms with Gasteiger partial charge in [0.05, 0.1) is 20.1 Å². The molecule has 1 amide bonds. The number of benzene rings is 1. The molecule has 22 heavy (non-hydrogen) atoms. The predicted octanol–water partition coefficient (Wildman–Crippen LogP) is 1.15. The van der Waals surface area contributed by atoms with E-state index in [9.17, 15) is 9.90 Å². The van der Waals surface area contributed by atoms with Crippen LogP contribution in [0.15, 0.2) is 24.3 Å². The van der Waals surface area contributed by atoms with Gasteiger partial charge in [0.2, 0.25) is 5.91 Å². The lowest BCUT2D eigenvalue weighted by molar-refractivity contribution is -0.132. The number of methoxy groups -OCH3 is 1. The van der Waals surface area contributed by atoms with Crippen LogP contribution in [0.3, 0.4) is 0 Å². The highest BCUT2D eigenvalue weighted by atomic mass is 16.5. The van der Waals surface area contributed by atoms with Crippen LogP contribution in [-0.2, 0) is 11.2 Å². The Morgan fingerprint density at radius 2 is 1.95 bits per heavy atom. The lowest BCUT2D eigenvalue weighted by Crippen LogP contribution is -2.53. The third kappa shape index (κ3) is 3.99. The molecule has 0 aliphatic carbocycles. The van der Waals surface area contributed by atoms with Crippen molar-refractivity contribution in [2.75, 3.05) is 39.9 Å². The Hall–Kier alpha value is -1.59. The fourth-order valence-corrected chi connectivity index (χ4v) is 2.96. The van der Waals surface area contributed by atoms with Crippen molar-refractivity contribution in [1.29, 1.82) is 0 Å². The molecule has 1 aromatic carbocycles. The molecular weight excluding hydrogens is 280 g/mol. The van der Waals surface area contributed by atoms with Gasteiger partial charge >= 0.3 is 0 Å². The van der Waals surface area contributed by atoms with Crippen molar-refractivity contribution in [3.63, 3.8) is 0 Å². The summed E-state index contributed by atoms with van der Waals surface area (Å²) in [6.45, 7) is 5.38. The van der Waals surface area contributed by atoms with E-state index < -0.39 is 0 Å².